The number of ketones is 1. The van der Waals surface area contributed by atoms with Crippen LogP contribution in [0.25, 0.3) is 0 Å². The van der Waals surface area contributed by atoms with Gasteiger partial charge in [-0.15, -0.1) is 0 Å². The van der Waals surface area contributed by atoms with Gasteiger partial charge >= 0.3 is 0 Å². The molecule has 0 aromatic rings. The predicted molar refractivity (Wildman–Crippen MR) is 57.4 cm³/mol. The average molecular weight is 209 g/mol. The first-order valence-corrected chi connectivity index (χ1v) is 5.99. The van der Waals surface area contributed by atoms with Crippen molar-refractivity contribution in [1.82, 2.24) is 4.90 Å². The Morgan fingerprint density at radius 3 is 2.40 bits per heavy atom. The van der Waals surface area contributed by atoms with Gasteiger partial charge in [-0.2, -0.15) is 0 Å². The third-order valence-electron chi connectivity index (χ3n) is 3.83. The third-order valence-corrected chi connectivity index (χ3v) is 3.83. The van der Waals surface area contributed by atoms with Crippen LogP contribution in [0.2, 0.25) is 0 Å². The molecule has 0 aromatic carbocycles. The Morgan fingerprint density at radius 2 is 1.87 bits per heavy atom. The van der Waals surface area contributed by atoms with Gasteiger partial charge < -0.3 is 4.90 Å². The van der Waals surface area contributed by atoms with E-state index in [1.54, 1.807) is 11.9 Å². The number of likely N-dealkylation sites (tertiary alicyclic amines) is 1. The largest absolute Gasteiger partial charge is 0.336 e. The summed E-state index contributed by atoms with van der Waals surface area (Å²) in [5.74, 6) is 0.685. The first kappa shape index (κ1) is 10.7. The first-order chi connectivity index (χ1) is 7.20. The monoisotopic (exact) mass is 209 g/mol. The Morgan fingerprint density at radius 1 is 1.20 bits per heavy atom. The lowest BCUT2D eigenvalue weighted by Gasteiger charge is -2.26. The van der Waals surface area contributed by atoms with Crippen LogP contribution in [0.4, 0.5) is 0 Å². The van der Waals surface area contributed by atoms with Crippen molar-refractivity contribution in [2.24, 2.45) is 5.92 Å². The van der Waals surface area contributed by atoms with Crippen LogP contribution in [-0.4, -0.2) is 29.7 Å². The zero-order valence-corrected chi connectivity index (χ0v) is 9.37. The van der Waals surface area contributed by atoms with Crippen molar-refractivity contribution in [3.8, 4) is 0 Å². The van der Waals surface area contributed by atoms with E-state index in [1.165, 1.54) is 19.3 Å². The van der Waals surface area contributed by atoms with Gasteiger partial charge in [0.05, 0.1) is 6.04 Å². The van der Waals surface area contributed by atoms with Crippen LogP contribution in [0.5, 0.6) is 0 Å². The molecule has 3 nitrogen and oxygen atoms in total. The summed E-state index contributed by atoms with van der Waals surface area (Å²) in [5, 5.41) is 0. The minimum atomic E-state index is -0.111. The highest BCUT2D eigenvalue weighted by Gasteiger charge is 2.36. The second-order valence-electron chi connectivity index (χ2n) is 4.80. The number of amides is 1. The summed E-state index contributed by atoms with van der Waals surface area (Å²) < 4.78 is 0. The quantitative estimate of drug-likeness (QED) is 0.695. The molecule has 1 heterocycles. The molecule has 1 unspecified atom stereocenters. The Kier molecular flexibility index (Phi) is 3.08. The SMILES string of the molecule is CN1C(=O)CCC1C(=O)C1CCCCC1. The Labute approximate surface area is 90.8 Å². The van der Waals surface area contributed by atoms with Gasteiger partial charge in [0.2, 0.25) is 5.91 Å². The van der Waals surface area contributed by atoms with Crippen molar-refractivity contribution in [3.05, 3.63) is 0 Å². The zero-order valence-electron chi connectivity index (χ0n) is 9.37. The maximum Gasteiger partial charge on any atom is 0.223 e. The molecule has 1 saturated heterocycles. The van der Waals surface area contributed by atoms with Gasteiger partial charge in [0.25, 0.3) is 0 Å². The lowest BCUT2D eigenvalue weighted by molar-refractivity contribution is -0.135. The van der Waals surface area contributed by atoms with Crippen LogP contribution in [0.15, 0.2) is 0 Å². The highest BCUT2D eigenvalue weighted by Crippen LogP contribution is 2.29. The van der Waals surface area contributed by atoms with E-state index in [0.717, 1.165) is 19.3 Å². The highest BCUT2D eigenvalue weighted by molar-refractivity contribution is 5.93. The first-order valence-electron chi connectivity index (χ1n) is 5.99. The molecular formula is C12H19NO2. The molecule has 1 aliphatic carbocycles. The molecule has 0 N–H and O–H groups in total. The summed E-state index contributed by atoms with van der Waals surface area (Å²) in [7, 11) is 1.76. The fraction of sp³-hybridized carbons (Fsp3) is 0.833. The molecule has 1 aliphatic heterocycles. The molecule has 0 bridgehead atoms. The molecule has 0 aromatic heterocycles. The van der Waals surface area contributed by atoms with Crippen LogP contribution in [0.3, 0.4) is 0 Å². The topological polar surface area (TPSA) is 37.4 Å². The van der Waals surface area contributed by atoms with E-state index in [9.17, 15) is 9.59 Å². The maximum absolute atomic E-state index is 12.2. The van der Waals surface area contributed by atoms with E-state index >= 15 is 0 Å². The average Bonchev–Trinajstić information content (AvgIpc) is 2.60. The molecule has 1 saturated carbocycles. The molecule has 84 valence electrons. The summed E-state index contributed by atoms with van der Waals surface area (Å²) >= 11 is 0. The van der Waals surface area contributed by atoms with Crippen LogP contribution in [-0.2, 0) is 9.59 Å². The molecule has 2 fully saturated rings. The number of hydrogen-bond acceptors (Lipinski definition) is 2. The van der Waals surface area contributed by atoms with Gasteiger partial charge in [-0.25, -0.2) is 0 Å². The Hall–Kier alpha value is -0.860. The van der Waals surface area contributed by atoms with Crippen LogP contribution < -0.4 is 0 Å². The molecular weight excluding hydrogens is 190 g/mol. The zero-order chi connectivity index (χ0) is 10.8. The van der Waals surface area contributed by atoms with Crippen molar-refractivity contribution in [2.45, 2.75) is 51.0 Å². The van der Waals surface area contributed by atoms with Gasteiger partial charge in [0, 0.05) is 19.4 Å². The molecule has 0 radical (unpaired) electrons. The number of rotatable bonds is 2. The highest BCUT2D eigenvalue weighted by atomic mass is 16.2. The van der Waals surface area contributed by atoms with E-state index in [1.807, 2.05) is 0 Å². The lowest BCUT2D eigenvalue weighted by atomic mass is 9.83. The van der Waals surface area contributed by atoms with Crippen molar-refractivity contribution in [3.63, 3.8) is 0 Å². The molecule has 2 aliphatic rings. The molecule has 1 amide bonds. The van der Waals surface area contributed by atoms with Gasteiger partial charge in [-0.05, 0) is 19.3 Å². The van der Waals surface area contributed by atoms with Gasteiger partial charge in [0.1, 0.15) is 0 Å². The van der Waals surface area contributed by atoms with E-state index in [0.29, 0.717) is 12.2 Å². The number of carbonyl (C=O) groups is 2. The summed E-state index contributed by atoms with van der Waals surface area (Å²) in [6.07, 6.45) is 7.00. The van der Waals surface area contributed by atoms with Crippen molar-refractivity contribution in [2.75, 3.05) is 7.05 Å². The van der Waals surface area contributed by atoms with Crippen molar-refractivity contribution >= 4 is 11.7 Å². The predicted octanol–water partition coefficient (Wildman–Crippen LogP) is 1.76. The molecule has 3 heteroatoms. The fourth-order valence-electron chi connectivity index (χ4n) is 2.80. The Balaban J connectivity index is 1.98. The van der Waals surface area contributed by atoms with Gasteiger partial charge in [-0.1, -0.05) is 19.3 Å². The van der Waals surface area contributed by atoms with Crippen LogP contribution >= 0.6 is 0 Å². The van der Waals surface area contributed by atoms with E-state index in [-0.39, 0.29) is 17.9 Å². The molecule has 15 heavy (non-hydrogen) atoms. The third kappa shape index (κ3) is 2.06. The second kappa shape index (κ2) is 4.33. The number of nitrogens with zero attached hydrogens (tertiary/aromatic N) is 1. The maximum atomic E-state index is 12.2. The van der Waals surface area contributed by atoms with E-state index in [4.69, 9.17) is 0 Å². The number of carbonyl (C=O) groups excluding carboxylic acids is 2. The number of Topliss-reactive ketones (excluding diaryl/α,β-unsaturated/α-hetero) is 1. The number of likely N-dealkylation sites (N-methyl/N-ethyl adjacent to an activating group) is 1. The normalized spacial score (nSPS) is 28.5. The minimum absolute atomic E-state index is 0.111. The van der Waals surface area contributed by atoms with E-state index < -0.39 is 0 Å². The van der Waals surface area contributed by atoms with Crippen molar-refractivity contribution < 1.29 is 9.59 Å². The summed E-state index contributed by atoms with van der Waals surface area (Å²) in [6.45, 7) is 0. The van der Waals surface area contributed by atoms with Crippen molar-refractivity contribution in [1.29, 1.82) is 0 Å². The van der Waals surface area contributed by atoms with Crippen LogP contribution in [0.1, 0.15) is 44.9 Å². The molecule has 0 spiro atoms. The van der Waals surface area contributed by atoms with E-state index in [2.05, 4.69) is 0 Å². The molecule has 2 rings (SSSR count). The standard InChI is InChI=1S/C12H19NO2/c1-13-10(7-8-11(13)14)12(15)9-5-3-2-4-6-9/h9-10H,2-8H2,1H3. The Bertz CT molecular complexity index is 269. The lowest BCUT2D eigenvalue weighted by Crippen LogP contribution is -2.39. The number of hydrogen-bond donors (Lipinski definition) is 0. The summed E-state index contributed by atoms with van der Waals surface area (Å²) in [6, 6.07) is -0.111. The summed E-state index contributed by atoms with van der Waals surface area (Å²) in [5.41, 5.74) is 0. The van der Waals surface area contributed by atoms with Gasteiger partial charge in [-0.3, -0.25) is 9.59 Å². The minimum Gasteiger partial charge on any atom is -0.336 e. The summed E-state index contributed by atoms with van der Waals surface area (Å²) in [4.78, 5) is 25.2. The van der Waals surface area contributed by atoms with Crippen LogP contribution in [0, 0.1) is 5.92 Å². The molecule has 1 atom stereocenters. The van der Waals surface area contributed by atoms with Gasteiger partial charge in [0.15, 0.2) is 5.78 Å². The smallest absolute Gasteiger partial charge is 0.223 e. The fourth-order valence-corrected chi connectivity index (χ4v) is 2.80. The second-order valence-corrected chi connectivity index (χ2v) is 4.80.